The number of hydrogen-bond acceptors (Lipinski definition) is 1. The lowest BCUT2D eigenvalue weighted by molar-refractivity contribution is 0.967. The van der Waals surface area contributed by atoms with Crippen molar-refractivity contribution in [3.8, 4) is 11.3 Å². The molecule has 0 spiro atoms. The molecule has 2 heteroatoms. The smallest absolute Gasteiger partial charge is 0.0760 e. The van der Waals surface area contributed by atoms with Crippen LogP contribution in [-0.4, -0.2) is 9.61 Å². The van der Waals surface area contributed by atoms with Gasteiger partial charge in [-0.2, -0.15) is 5.10 Å². The standard InChI is InChI=1S/C18H14N2/c1-13-15-9-5-6-10-16(15)17-11-12-19-20(17)18(13)14-7-3-2-4-8-14/h2-12H,1H3. The topological polar surface area (TPSA) is 17.3 Å². The Hall–Kier alpha value is -2.61. The normalized spacial score (nSPS) is 11.2. The van der Waals surface area contributed by atoms with Gasteiger partial charge in [-0.05, 0) is 23.9 Å². The molecule has 0 radical (unpaired) electrons. The molecule has 0 atom stereocenters. The molecular weight excluding hydrogens is 244 g/mol. The zero-order valence-corrected chi connectivity index (χ0v) is 11.2. The molecule has 0 aliphatic carbocycles. The van der Waals surface area contributed by atoms with Crippen LogP contribution in [0.15, 0.2) is 66.9 Å². The molecular formula is C18H14N2. The third-order valence-electron chi connectivity index (χ3n) is 3.86. The minimum atomic E-state index is 1.16. The van der Waals surface area contributed by atoms with Gasteiger partial charge in [-0.15, -0.1) is 0 Å². The van der Waals surface area contributed by atoms with Gasteiger partial charge in [-0.3, -0.25) is 0 Å². The van der Waals surface area contributed by atoms with Crippen LogP contribution in [0.25, 0.3) is 27.5 Å². The Bertz CT molecular complexity index is 905. The van der Waals surface area contributed by atoms with Crippen LogP contribution < -0.4 is 0 Å². The van der Waals surface area contributed by atoms with E-state index in [9.17, 15) is 0 Å². The van der Waals surface area contributed by atoms with Gasteiger partial charge in [0.15, 0.2) is 0 Å². The summed E-state index contributed by atoms with van der Waals surface area (Å²) < 4.78 is 2.05. The molecule has 20 heavy (non-hydrogen) atoms. The highest BCUT2D eigenvalue weighted by Gasteiger charge is 2.12. The average molecular weight is 258 g/mol. The van der Waals surface area contributed by atoms with Crippen molar-refractivity contribution in [1.82, 2.24) is 9.61 Å². The molecule has 0 saturated heterocycles. The molecule has 0 saturated carbocycles. The number of benzene rings is 2. The first kappa shape index (κ1) is 11.2. The molecule has 4 rings (SSSR count). The molecule has 0 fully saturated rings. The predicted octanol–water partition coefficient (Wildman–Crippen LogP) is 4.46. The second-order valence-electron chi connectivity index (χ2n) is 5.01. The number of aryl methyl sites for hydroxylation is 1. The third-order valence-corrected chi connectivity index (χ3v) is 3.86. The third kappa shape index (κ3) is 1.48. The zero-order valence-electron chi connectivity index (χ0n) is 11.2. The minimum absolute atomic E-state index is 1.16. The van der Waals surface area contributed by atoms with Gasteiger partial charge in [0.2, 0.25) is 0 Å². The maximum Gasteiger partial charge on any atom is 0.0760 e. The van der Waals surface area contributed by atoms with Crippen LogP contribution in [0.2, 0.25) is 0 Å². The van der Waals surface area contributed by atoms with Crippen LogP contribution >= 0.6 is 0 Å². The van der Waals surface area contributed by atoms with Crippen molar-refractivity contribution in [2.24, 2.45) is 0 Å². The van der Waals surface area contributed by atoms with Crippen molar-refractivity contribution in [2.45, 2.75) is 6.92 Å². The summed E-state index contributed by atoms with van der Waals surface area (Å²) in [6, 6.07) is 21.1. The molecule has 4 aromatic rings. The highest BCUT2D eigenvalue weighted by Crippen LogP contribution is 2.32. The van der Waals surface area contributed by atoms with Crippen molar-refractivity contribution in [3.05, 3.63) is 72.4 Å². The molecule has 0 unspecified atom stereocenters. The van der Waals surface area contributed by atoms with Crippen LogP contribution in [0.1, 0.15) is 5.56 Å². The molecule has 2 aromatic carbocycles. The summed E-state index contributed by atoms with van der Waals surface area (Å²) in [5.74, 6) is 0. The van der Waals surface area contributed by atoms with Crippen molar-refractivity contribution < 1.29 is 0 Å². The average Bonchev–Trinajstić information content (AvgIpc) is 2.98. The van der Waals surface area contributed by atoms with E-state index in [1.165, 1.54) is 27.6 Å². The van der Waals surface area contributed by atoms with E-state index in [0.717, 1.165) is 5.52 Å². The molecule has 0 aliphatic rings. The van der Waals surface area contributed by atoms with Gasteiger partial charge in [0, 0.05) is 10.9 Å². The summed E-state index contributed by atoms with van der Waals surface area (Å²) in [6.45, 7) is 2.17. The van der Waals surface area contributed by atoms with Crippen molar-refractivity contribution in [1.29, 1.82) is 0 Å². The minimum Gasteiger partial charge on any atom is -0.232 e. The van der Waals surface area contributed by atoms with Crippen LogP contribution in [0.3, 0.4) is 0 Å². The van der Waals surface area contributed by atoms with Crippen molar-refractivity contribution in [3.63, 3.8) is 0 Å². The Balaban J connectivity index is 2.24. The highest BCUT2D eigenvalue weighted by molar-refractivity contribution is 6.00. The van der Waals surface area contributed by atoms with Crippen LogP contribution in [0, 0.1) is 6.92 Å². The molecule has 0 N–H and O–H groups in total. The first-order chi connectivity index (χ1) is 9.86. The fourth-order valence-corrected chi connectivity index (χ4v) is 2.94. The fraction of sp³-hybridized carbons (Fsp3) is 0.0556. The number of fused-ring (bicyclic) bond motifs is 3. The summed E-state index contributed by atoms with van der Waals surface area (Å²) in [5, 5.41) is 7.07. The van der Waals surface area contributed by atoms with E-state index in [1.54, 1.807) is 0 Å². The second-order valence-corrected chi connectivity index (χ2v) is 5.01. The number of rotatable bonds is 1. The predicted molar refractivity (Wildman–Crippen MR) is 82.9 cm³/mol. The summed E-state index contributed by atoms with van der Waals surface area (Å²) >= 11 is 0. The Morgan fingerprint density at radius 2 is 1.50 bits per heavy atom. The SMILES string of the molecule is Cc1c(-c2ccccc2)n2nccc2c2ccccc12. The summed E-state index contributed by atoms with van der Waals surface area (Å²) in [4.78, 5) is 0. The second kappa shape index (κ2) is 4.20. The number of aromatic nitrogens is 2. The van der Waals surface area contributed by atoms with E-state index in [4.69, 9.17) is 0 Å². The lowest BCUT2D eigenvalue weighted by atomic mass is 10.00. The van der Waals surface area contributed by atoms with Gasteiger partial charge in [-0.1, -0.05) is 54.6 Å². The maximum absolute atomic E-state index is 4.52. The Kier molecular flexibility index (Phi) is 2.36. The monoisotopic (exact) mass is 258 g/mol. The van der Waals surface area contributed by atoms with Gasteiger partial charge in [0.1, 0.15) is 0 Å². The summed E-state index contributed by atoms with van der Waals surface area (Å²) in [7, 11) is 0. The van der Waals surface area contributed by atoms with Crippen molar-refractivity contribution >= 4 is 16.3 Å². The molecule has 2 heterocycles. The number of hydrogen-bond donors (Lipinski definition) is 0. The van der Waals surface area contributed by atoms with Gasteiger partial charge in [0.05, 0.1) is 17.4 Å². The van der Waals surface area contributed by atoms with E-state index in [2.05, 4.69) is 66.6 Å². The molecule has 0 bridgehead atoms. The van der Waals surface area contributed by atoms with E-state index in [-0.39, 0.29) is 0 Å². The summed E-state index contributed by atoms with van der Waals surface area (Å²) in [5.41, 5.74) is 4.79. The van der Waals surface area contributed by atoms with E-state index < -0.39 is 0 Å². The number of nitrogens with zero attached hydrogens (tertiary/aromatic N) is 2. The van der Waals surface area contributed by atoms with Gasteiger partial charge < -0.3 is 0 Å². The van der Waals surface area contributed by atoms with Crippen LogP contribution in [-0.2, 0) is 0 Å². The zero-order chi connectivity index (χ0) is 13.5. The van der Waals surface area contributed by atoms with E-state index in [0.29, 0.717) is 0 Å². The lowest BCUT2D eigenvalue weighted by Gasteiger charge is -2.13. The number of pyridine rings is 1. The first-order valence-electron chi connectivity index (χ1n) is 6.77. The summed E-state index contributed by atoms with van der Waals surface area (Å²) in [6.07, 6.45) is 1.87. The Labute approximate surface area is 117 Å². The quantitative estimate of drug-likeness (QED) is 0.492. The molecule has 2 aromatic heterocycles. The van der Waals surface area contributed by atoms with Crippen molar-refractivity contribution in [2.75, 3.05) is 0 Å². The van der Waals surface area contributed by atoms with Gasteiger partial charge >= 0.3 is 0 Å². The van der Waals surface area contributed by atoms with Crippen LogP contribution in [0.4, 0.5) is 0 Å². The lowest BCUT2D eigenvalue weighted by Crippen LogP contribution is -1.98. The largest absolute Gasteiger partial charge is 0.232 e. The molecule has 0 aliphatic heterocycles. The van der Waals surface area contributed by atoms with Gasteiger partial charge in [-0.25, -0.2) is 4.52 Å². The maximum atomic E-state index is 4.52. The highest BCUT2D eigenvalue weighted by atomic mass is 15.2. The van der Waals surface area contributed by atoms with E-state index >= 15 is 0 Å². The Morgan fingerprint density at radius 3 is 2.30 bits per heavy atom. The van der Waals surface area contributed by atoms with Crippen LogP contribution in [0.5, 0.6) is 0 Å². The molecule has 0 amide bonds. The fourth-order valence-electron chi connectivity index (χ4n) is 2.94. The van der Waals surface area contributed by atoms with E-state index in [1.807, 2.05) is 16.8 Å². The molecule has 2 nitrogen and oxygen atoms in total. The first-order valence-corrected chi connectivity index (χ1v) is 6.77. The molecule has 96 valence electrons. The Morgan fingerprint density at radius 1 is 0.800 bits per heavy atom. The van der Waals surface area contributed by atoms with Gasteiger partial charge in [0.25, 0.3) is 0 Å².